The molecule has 0 atom stereocenters. The molecule has 24 heavy (non-hydrogen) atoms. The molecule has 0 unspecified atom stereocenters. The Kier molecular flexibility index (Phi) is 4.78. The van der Waals surface area contributed by atoms with E-state index >= 15 is 0 Å². The molecule has 0 saturated heterocycles. The lowest BCUT2D eigenvalue weighted by atomic mass is 10.1. The fraction of sp³-hybridized carbons (Fsp3) is 0.167. The predicted octanol–water partition coefficient (Wildman–Crippen LogP) is 3.11. The van der Waals surface area contributed by atoms with Crippen LogP contribution >= 0.6 is 11.6 Å². The number of rotatable bonds is 5. The minimum absolute atomic E-state index is 0.0329. The highest BCUT2D eigenvalue weighted by Crippen LogP contribution is 2.12. The molecule has 6 heteroatoms. The monoisotopic (exact) mass is 338 g/mol. The van der Waals surface area contributed by atoms with Gasteiger partial charge in [0.1, 0.15) is 5.65 Å². The Morgan fingerprint density at radius 1 is 1.21 bits per heavy atom. The van der Waals surface area contributed by atoms with Gasteiger partial charge in [-0.05, 0) is 36.2 Å². The molecule has 0 saturated carbocycles. The smallest absolute Gasteiger partial charge is 0.220 e. The Hall–Kier alpha value is -2.84. The summed E-state index contributed by atoms with van der Waals surface area (Å²) in [5, 5.41) is 12.3. The van der Waals surface area contributed by atoms with Gasteiger partial charge in [0, 0.05) is 18.8 Å². The number of aryl methyl sites for hydroxylation is 1. The number of imidazole rings is 1. The molecule has 0 bridgehead atoms. The van der Waals surface area contributed by atoms with Crippen LogP contribution in [0.1, 0.15) is 23.2 Å². The molecule has 0 spiro atoms. The van der Waals surface area contributed by atoms with E-state index in [-0.39, 0.29) is 5.91 Å². The van der Waals surface area contributed by atoms with Crippen LogP contribution in [-0.2, 0) is 17.8 Å². The number of aromatic nitrogens is 2. The summed E-state index contributed by atoms with van der Waals surface area (Å²) in [6.45, 7) is 0.380. The summed E-state index contributed by atoms with van der Waals surface area (Å²) in [6.07, 6.45) is 4.66. The van der Waals surface area contributed by atoms with Crippen molar-refractivity contribution < 1.29 is 4.79 Å². The van der Waals surface area contributed by atoms with E-state index in [9.17, 15) is 4.79 Å². The highest BCUT2D eigenvalue weighted by Gasteiger charge is 2.06. The Morgan fingerprint density at radius 2 is 2.00 bits per heavy atom. The molecule has 2 heterocycles. The Balaban J connectivity index is 1.51. The number of benzene rings is 1. The van der Waals surface area contributed by atoms with Crippen LogP contribution in [0.4, 0.5) is 0 Å². The van der Waals surface area contributed by atoms with Crippen LogP contribution in [0, 0.1) is 11.3 Å². The third-order valence-electron chi connectivity index (χ3n) is 3.66. The summed E-state index contributed by atoms with van der Waals surface area (Å²) < 4.78 is 1.83. The fourth-order valence-corrected chi connectivity index (χ4v) is 2.55. The molecule has 2 aromatic heterocycles. The van der Waals surface area contributed by atoms with Crippen molar-refractivity contribution in [2.75, 3.05) is 0 Å². The maximum Gasteiger partial charge on any atom is 0.220 e. The number of amides is 1. The second-order valence-electron chi connectivity index (χ2n) is 5.43. The van der Waals surface area contributed by atoms with E-state index in [0.717, 1.165) is 16.9 Å². The Labute approximate surface area is 144 Å². The van der Waals surface area contributed by atoms with Gasteiger partial charge in [-0.15, -0.1) is 0 Å². The highest BCUT2D eigenvalue weighted by molar-refractivity contribution is 6.30. The molecule has 1 amide bonds. The normalized spacial score (nSPS) is 10.5. The van der Waals surface area contributed by atoms with Gasteiger partial charge in [0.15, 0.2) is 0 Å². The lowest BCUT2D eigenvalue weighted by Crippen LogP contribution is -2.23. The second kappa shape index (κ2) is 7.16. The molecule has 0 fully saturated rings. The predicted molar refractivity (Wildman–Crippen MR) is 91.5 cm³/mol. The third kappa shape index (κ3) is 3.92. The highest BCUT2D eigenvalue weighted by atomic mass is 35.5. The first-order chi connectivity index (χ1) is 11.6. The van der Waals surface area contributed by atoms with Crippen LogP contribution in [0.3, 0.4) is 0 Å². The molecule has 0 aliphatic rings. The zero-order valence-electron chi connectivity index (χ0n) is 12.9. The number of carbonyl (C=O) groups excluding carboxylic acids is 1. The number of hydrogen-bond acceptors (Lipinski definition) is 3. The van der Waals surface area contributed by atoms with Gasteiger partial charge in [-0.25, -0.2) is 4.98 Å². The maximum atomic E-state index is 12.0. The van der Waals surface area contributed by atoms with Crippen LogP contribution in [0.25, 0.3) is 5.65 Å². The van der Waals surface area contributed by atoms with E-state index in [2.05, 4.69) is 16.4 Å². The number of halogens is 1. The van der Waals surface area contributed by atoms with Gasteiger partial charge in [0.05, 0.1) is 28.9 Å². The molecular formula is C18H15ClN4O. The average molecular weight is 339 g/mol. The zero-order chi connectivity index (χ0) is 16.9. The molecule has 0 radical (unpaired) electrons. The Bertz CT molecular complexity index is 909. The molecule has 1 N–H and O–H groups in total. The van der Waals surface area contributed by atoms with Gasteiger partial charge >= 0.3 is 0 Å². The largest absolute Gasteiger partial charge is 0.350 e. The van der Waals surface area contributed by atoms with Crippen LogP contribution in [0.2, 0.25) is 5.02 Å². The summed E-state index contributed by atoms with van der Waals surface area (Å²) in [6, 6.07) is 13.0. The van der Waals surface area contributed by atoms with Gasteiger partial charge in [-0.3, -0.25) is 4.79 Å². The summed E-state index contributed by atoms with van der Waals surface area (Å²) >= 11 is 5.94. The minimum Gasteiger partial charge on any atom is -0.350 e. The molecule has 1 aromatic carbocycles. The van der Waals surface area contributed by atoms with E-state index in [1.165, 1.54) is 0 Å². The first kappa shape index (κ1) is 16.0. The summed E-state index contributed by atoms with van der Waals surface area (Å²) in [5.41, 5.74) is 3.23. The standard InChI is InChI=1S/C18H15ClN4O/c19-15-6-7-17-22-16(12-23(17)11-15)10-21-18(24)8-5-13-1-3-14(9-20)4-2-13/h1-4,6-7,11-12H,5,8,10H2,(H,21,24). The van der Waals surface area contributed by atoms with Gasteiger partial charge in [-0.2, -0.15) is 5.26 Å². The molecule has 0 aliphatic heterocycles. The molecular weight excluding hydrogens is 324 g/mol. The number of hydrogen-bond donors (Lipinski definition) is 1. The van der Waals surface area contributed by atoms with E-state index in [1.807, 2.05) is 28.8 Å². The van der Waals surface area contributed by atoms with Crippen molar-refractivity contribution in [2.24, 2.45) is 0 Å². The molecule has 3 rings (SSSR count). The van der Waals surface area contributed by atoms with Crippen molar-refractivity contribution in [3.8, 4) is 6.07 Å². The number of nitrogens with one attached hydrogen (secondary N) is 1. The number of nitrogens with zero attached hydrogens (tertiary/aromatic N) is 3. The summed E-state index contributed by atoms with van der Waals surface area (Å²) in [4.78, 5) is 16.4. The van der Waals surface area contributed by atoms with Gasteiger partial charge < -0.3 is 9.72 Å². The molecule has 5 nitrogen and oxygen atoms in total. The average Bonchev–Trinajstić information content (AvgIpc) is 3.00. The van der Waals surface area contributed by atoms with Crippen LogP contribution in [0.5, 0.6) is 0 Å². The lowest BCUT2D eigenvalue weighted by molar-refractivity contribution is -0.121. The summed E-state index contributed by atoms with van der Waals surface area (Å²) in [5.74, 6) is -0.0329. The van der Waals surface area contributed by atoms with E-state index in [4.69, 9.17) is 16.9 Å². The maximum absolute atomic E-state index is 12.0. The van der Waals surface area contributed by atoms with Crippen molar-refractivity contribution >= 4 is 23.2 Å². The topological polar surface area (TPSA) is 70.2 Å². The zero-order valence-corrected chi connectivity index (χ0v) is 13.6. The number of pyridine rings is 1. The van der Waals surface area contributed by atoms with Crippen LogP contribution in [-0.4, -0.2) is 15.3 Å². The van der Waals surface area contributed by atoms with Crippen molar-refractivity contribution in [3.05, 3.63) is 70.6 Å². The fourth-order valence-electron chi connectivity index (χ4n) is 2.38. The van der Waals surface area contributed by atoms with Crippen molar-refractivity contribution in [3.63, 3.8) is 0 Å². The van der Waals surface area contributed by atoms with Gasteiger partial charge in [0.25, 0.3) is 0 Å². The lowest BCUT2D eigenvalue weighted by Gasteiger charge is -2.03. The van der Waals surface area contributed by atoms with E-state index in [1.54, 1.807) is 24.4 Å². The number of fused-ring (bicyclic) bond motifs is 1. The molecule has 120 valence electrons. The van der Waals surface area contributed by atoms with E-state index in [0.29, 0.717) is 30.0 Å². The molecule has 3 aromatic rings. The number of nitriles is 1. The third-order valence-corrected chi connectivity index (χ3v) is 3.88. The minimum atomic E-state index is -0.0329. The van der Waals surface area contributed by atoms with Crippen molar-refractivity contribution in [2.45, 2.75) is 19.4 Å². The summed E-state index contributed by atoms with van der Waals surface area (Å²) in [7, 11) is 0. The van der Waals surface area contributed by atoms with Crippen LogP contribution in [0.15, 0.2) is 48.8 Å². The van der Waals surface area contributed by atoms with Gasteiger partial charge in [0.2, 0.25) is 5.91 Å². The first-order valence-corrected chi connectivity index (χ1v) is 7.91. The number of carbonyl (C=O) groups is 1. The quantitative estimate of drug-likeness (QED) is 0.777. The Morgan fingerprint density at radius 3 is 2.75 bits per heavy atom. The van der Waals surface area contributed by atoms with Crippen molar-refractivity contribution in [1.29, 1.82) is 5.26 Å². The van der Waals surface area contributed by atoms with Gasteiger partial charge in [-0.1, -0.05) is 23.7 Å². The first-order valence-electron chi connectivity index (χ1n) is 7.53. The molecule has 0 aliphatic carbocycles. The van der Waals surface area contributed by atoms with Crippen molar-refractivity contribution in [1.82, 2.24) is 14.7 Å². The SMILES string of the molecule is N#Cc1ccc(CCC(=O)NCc2cn3cc(Cl)ccc3n2)cc1. The second-order valence-corrected chi connectivity index (χ2v) is 5.87. The van der Waals surface area contributed by atoms with E-state index < -0.39 is 0 Å². The van der Waals surface area contributed by atoms with Crippen LogP contribution < -0.4 is 5.32 Å².